The van der Waals surface area contributed by atoms with Gasteiger partial charge >= 0.3 is 0 Å². The maximum Gasteiger partial charge on any atom is 0.0733 e. The molecule has 0 aromatic rings. The van der Waals surface area contributed by atoms with Crippen LogP contribution in [0.5, 0.6) is 0 Å². The maximum absolute atomic E-state index is 10.7. The summed E-state index contributed by atoms with van der Waals surface area (Å²) in [6.45, 7) is 2.27. The lowest BCUT2D eigenvalue weighted by Gasteiger charge is -2.55. The van der Waals surface area contributed by atoms with Crippen LogP contribution in [0.25, 0.3) is 0 Å². The summed E-state index contributed by atoms with van der Waals surface area (Å²) in [7, 11) is 0. The molecule has 80 valence electrons. The predicted molar refractivity (Wildman–Crippen MR) is 53.7 cm³/mol. The van der Waals surface area contributed by atoms with E-state index in [0.717, 1.165) is 32.1 Å². The molecule has 0 radical (unpaired) electrons. The van der Waals surface area contributed by atoms with Gasteiger partial charge in [-0.05, 0) is 43.4 Å². The van der Waals surface area contributed by atoms with E-state index in [-0.39, 0.29) is 17.4 Å². The van der Waals surface area contributed by atoms with Crippen LogP contribution in [0, 0.1) is 17.3 Å². The van der Waals surface area contributed by atoms with Crippen LogP contribution in [0.15, 0.2) is 0 Å². The number of aliphatic hydroxyl groups excluding tert-OH is 1. The van der Waals surface area contributed by atoms with Gasteiger partial charge in [0.25, 0.3) is 0 Å². The standard InChI is InChI=1S/C12H20O2/c1-11-5-2-6-12(14)8(9(13)7-11)3-4-10(11)12/h8-10,13-14H,2-7H2,1H3/t8-,9-,10+,11-,12-/m0/s1. The summed E-state index contributed by atoms with van der Waals surface area (Å²) < 4.78 is 0. The first-order chi connectivity index (χ1) is 6.56. The Morgan fingerprint density at radius 3 is 2.79 bits per heavy atom. The Kier molecular flexibility index (Phi) is 1.66. The van der Waals surface area contributed by atoms with Gasteiger partial charge in [-0.25, -0.2) is 0 Å². The van der Waals surface area contributed by atoms with E-state index in [1.807, 2.05) is 0 Å². The Balaban J connectivity index is 2.06. The first-order valence-electron chi connectivity index (χ1n) is 5.97. The molecule has 2 N–H and O–H groups in total. The molecule has 5 atom stereocenters. The van der Waals surface area contributed by atoms with Crippen molar-refractivity contribution in [3.63, 3.8) is 0 Å². The second-order valence-electron chi connectivity index (χ2n) is 6.01. The quantitative estimate of drug-likeness (QED) is 0.619. The molecule has 3 aliphatic carbocycles. The SMILES string of the molecule is C[C@@]12CCC[C@@]3(O)[C@@H]1CC[C@H]3[C@@H](O)C2. The number of aliphatic hydroxyl groups is 2. The maximum atomic E-state index is 10.7. The average molecular weight is 196 g/mol. The van der Waals surface area contributed by atoms with Crippen LogP contribution in [0.3, 0.4) is 0 Å². The molecular weight excluding hydrogens is 176 g/mol. The van der Waals surface area contributed by atoms with Gasteiger partial charge in [0, 0.05) is 5.92 Å². The third-order valence-electron chi connectivity index (χ3n) is 5.32. The molecule has 2 heteroatoms. The van der Waals surface area contributed by atoms with Crippen LogP contribution >= 0.6 is 0 Å². The van der Waals surface area contributed by atoms with Gasteiger partial charge in [0.1, 0.15) is 0 Å². The smallest absolute Gasteiger partial charge is 0.0733 e. The first kappa shape index (κ1) is 9.17. The fraction of sp³-hybridized carbons (Fsp3) is 1.00. The van der Waals surface area contributed by atoms with Gasteiger partial charge in [-0.15, -0.1) is 0 Å². The van der Waals surface area contributed by atoms with Crippen molar-refractivity contribution in [2.45, 2.75) is 57.2 Å². The molecule has 0 aromatic carbocycles. The minimum Gasteiger partial charge on any atom is -0.393 e. The van der Waals surface area contributed by atoms with Gasteiger partial charge in [-0.1, -0.05) is 13.3 Å². The van der Waals surface area contributed by atoms with E-state index in [9.17, 15) is 10.2 Å². The number of hydrogen-bond donors (Lipinski definition) is 2. The Hall–Kier alpha value is -0.0800. The molecule has 3 saturated carbocycles. The molecule has 2 nitrogen and oxygen atoms in total. The zero-order valence-corrected chi connectivity index (χ0v) is 8.87. The lowest BCUT2D eigenvalue weighted by Crippen LogP contribution is -2.58. The average Bonchev–Trinajstić information content (AvgIpc) is 2.35. The van der Waals surface area contributed by atoms with Gasteiger partial charge in [-0.3, -0.25) is 0 Å². The molecule has 4 bridgehead atoms. The fourth-order valence-electron chi connectivity index (χ4n) is 4.76. The van der Waals surface area contributed by atoms with Gasteiger partial charge in [0.2, 0.25) is 0 Å². The van der Waals surface area contributed by atoms with Gasteiger partial charge in [0.15, 0.2) is 0 Å². The molecule has 3 fully saturated rings. The Bertz CT molecular complexity index is 265. The van der Waals surface area contributed by atoms with E-state index in [1.165, 1.54) is 6.42 Å². The van der Waals surface area contributed by atoms with E-state index in [2.05, 4.69) is 6.92 Å². The molecule has 14 heavy (non-hydrogen) atoms. The molecule has 0 unspecified atom stereocenters. The lowest BCUT2D eigenvalue weighted by atomic mass is 9.53. The highest BCUT2D eigenvalue weighted by Crippen LogP contribution is 2.63. The van der Waals surface area contributed by atoms with E-state index in [4.69, 9.17) is 0 Å². The van der Waals surface area contributed by atoms with Crippen molar-refractivity contribution < 1.29 is 10.2 Å². The third-order valence-corrected chi connectivity index (χ3v) is 5.32. The predicted octanol–water partition coefficient (Wildman–Crippen LogP) is 1.70. The molecule has 3 aliphatic rings. The monoisotopic (exact) mass is 196 g/mol. The van der Waals surface area contributed by atoms with E-state index < -0.39 is 5.60 Å². The Morgan fingerprint density at radius 2 is 2.00 bits per heavy atom. The van der Waals surface area contributed by atoms with Crippen molar-refractivity contribution in [3.8, 4) is 0 Å². The molecule has 0 amide bonds. The van der Waals surface area contributed by atoms with Crippen molar-refractivity contribution in [1.29, 1.82) is 0 Å². The molecule has 0 spiro atoms. The minimum atomic E-state index is -0.509. The van der Waals surface area contributed by atoms with E-state index in [1.54, 1.807) is 0 Å². The largest absolute Gasteiger partial charge is 0.393 e. The van der Waals surface area contributed by atoms with Crippen molar-refractivity contribution in [2.75, 3.05) is 0 Å². The molecular formula is C12H20O2. The van der Waals surface area contributed by atoms with Gasteiger partial charge in [-0.2, -0.15) is 0 Å². The normalized spacial score (nSPS) is 61.5. The van der Waals surface area contributed by atoms with Crippen molar-refractivity contribution in [1.82, 2.24) is 0 Å². The topological polar surface area (TPSA) is 40.5 Å². The summed E-state index contributed by atoms with van der Waals surface area (Å²) in [5, 5.41) is 20.7. The fourth-order valence-corrected chi connectivity index (χ4v) is 4.76. The second-order valence-corrected chi connectivity index (χ2v) is 6.01. The highest BCUT2D eigenvalue weighted by atomic mass is 16.3. The van der Waals surface area contributed by atoms with Crippen molar-refractivity contribution in [2.24, 2.45) is 17.3 Å². The number of hydrogen-bond acceptors (Lipinski definition) is 2. The van der Waals surface area contributed by atoms with E-state index in [0.29, 0.717) is 5.92 Å². The third kappa shape index (κ3) is 0.892. The zero-order valence-electron chi connectivity index (χ0n) is 8.87. The molecule has 3 rings (SSSR count). The Labute approximate surface area is 85.3 Å². The molecule has 0 saturated heterocycles. The van der Waals surface area contributed by atoms with Gasteiger partial charge in [0.05, 0.1) is 11.7 Å². The summed E-state index contributed by atoms with van der Waals surface area (Å²) in [5.41, 5.74) is -0.288. The zero-order chi connectivity index (χ0) is 9.97. The van der Waals surface area contributed by atoms with Crippen LogP contribution in [0.4, 0.5) is 0 Å². The van der Waals surface area contributed by atoms with Gasteiger partial charge < -0.3 is 10.2 Å². The number of rotatable bonds is 0. The summed E-state index contributed by atoms with van der Waals surface area (Å²) in [6.07, 6.45) is 6.12. The molecule has 0 aliphatic heterocycles. The first-order valence-corrected chi connectivity index (χ1v) is 5.97. The van der Waals surface area contributed by atoms with Crippen LogP contribution in [-0.4, -0.2) is 21.9 Å². The molecule has 0 aromatic heterocycles. The van der Waals surface area contributed by atoms with Crippen molar-refractivity contribution >= 4 is 0 Å². The molecule has 0 heterocycles. The van der Waals surface area contributed by atoms with E-state index >= 15 is 0 Å². The van der Waals surface area contributed by atoms with Crippen LogP contribution in [0.1, 0.15) is 45.4 Å². The summed E-state index contributed by atoms with van der Waals surface area (Å²) >= 11 is 0. The minimum absolute atomic E-state index is 0.181. The van der Waals surface area contributed by atoms with Crippen LogP contribution in [-0.2, 0) is 0 Å². The lowest BCUT2D eigenvalue weighted by molar-refractivity contribution is -0.182. The second kappa shape index (κ2) is 2.53. The Morgan fingerprint density at radius 1 is 1.21 bits per heavy atom. The summed E-state index contributed by atoms with van der Waals surface area (Å²) in [6, 6.07) is 0. The summed E-state index contributed by atoms with van der Waals surface area (Å²) in [4.78, 5) is 0. The van der Waals surface area contributed by atoms with Crippen LogP contribution < -0.4 is 0 Å². The highest BCUT2D eigenvalue weighted by Gasteiger charge is 2.63. The van der Waals surface area contributed by atoms with Crippen molar-refractivity contribution in [3.05, 3.63) is 0 Å². The highest BCUT2D eigenvalue weighted by molar-refractivity contribution is 5.13. The summed E-state index contributed by atoms with van der Waals surface area (Å²) in [5.74, 6) is 0.651. The van der Waals surface area contributed by atoms with Crippen LogP contribution in [0.2, 0.25) is 0 Å².